The predicted molar refractivity (Wildman–Crippen MR) is 121 cm³/mol. The van der Waals surface area contributed by atoms with Crippen LogP contribution in [-0.4, -0.2) is 49.6 Å². The van der Waals surface area contributed by atoms with E-state index in [1.54, 1.807) is 7.05 Å². The van der Waals surface area contributed by atoms with Crippen LogP contribution < -0.4 is 16.0 Å². The summed E-state index contributed by atoms with van der Waals surface area (Å²) in [4.78, 5) is 16.2. The van der Waals surface area contributed by atoms with Crippen LogP contribution in [0.25, 0.3) is 0 Å². The zero-order valence-electron chi connectivity index (χ0n) is 14.4. The third-order valence-electron chi connectivity index (χ3n) is 3.76. The Hall–Kier alpha value is -0.480. The Morgan fingerprint density at radius 3 is 2.80 bits per heavy atom. The van der Waals surface area contributed by atoms with Gasteiger partial charge in [0.15, 0.2) is 5.96 Å². The van der Waals surface area contributed by atoms with Crippen molar-refractivity contribution in [1.82, 2.24) is 16.0 Å². The Morgan fingerprint density at radius 1 is 1.32 bits per heavy atom. The van der Waals surface area contributed by atoms with Crippen LogP contribution in [-0.2, 0) is 0 Å². The van der Waals surface area contributed by atoms with Gasteiger partial charge in [0, 0.05) is 42.0 Å². The highest BCUT2D eigenvalue weighted by Crippen LogP contribution is 2.25. The fourth-order valence-corrected chi connectivity index (χ4v) is 4.07. The van der Waals surface area contributed by atoms with E-state index >= 15 is 0 Å². The summed E-state index contributed by atoms with van der Waals surface area (Å²) in [6.07, 6.45) is 3.45. The van der Waals surface area contributed by atoms with Crippen LogP contribution in [0, 0.1) is 0 Å². The Balaban J connectivity index is 0.00000312. The standard InChI is InChI=1S/C17H25BrN4OS.HI/c1-19-17(22-12-15-7-3-10-24-15)21-9-4-8-20-16(23)13-5-2-6-14(18)11-13;/h2,5-6,11,15H,3-4,7-10,12H2,1H3,(H,20,23)(H2,19,21,22);1H. The number of guanidine groups is 1. The zero-order chi connectivity index (χ0) is 17.2. The van der Waals surface area contributed by atoms with Gasteiger partial charge in [-0.1, -0.05) is 22.0 Å². The molecule has 0 saturated carbocycles. The van der Waals surface area contributed by atoms with E-state index in [-0.39, 0.29) is 29.9 Å². The van der Waals surface area contributed by atoms with Crippen molar-refractivity contribution in [2.24, 2.45) is 4.99 Å². The minimum absolute atomic E-state index is 0. The Labute approximate surface area is 179 Å². The maximum Gasteiger partial charge on any atom is 0.251 e. The summed E-state index contributed by atoms with van der Waals surface area (Å²) in [5, 5.41) is 10.3. The van der Waals surface area contributed by atoms with Crippen molar-refractivity contribution in [3.8, 4) is 0 Å². The van der Waals surface area contributed by atoms with Gasteiger partial charge in [0.25, 0.3) is 5.91 Å². The van der Waals surface area contributed by atoms with Crippen LogP contribution in [0.1, 0.15) is 29.6 Å². The maximum atomic E-state index is 12.0. The van der Waals surface area contributed by atoms with E-state index in [2.05, 4.69) is 36.9 Å². The fraction of sp³-hybridized carbons (Fsp3) is 0.529. The van der Waals surface area contributed by atoms with Gasteiger partial charge in [0.2, 0.25) is 0 Å². The molecule has 0 spiro atoms. The second-order valence-electron chi connectivity index (χ2n) is 5.63. The second-order valence-corrected chi connectivity index (χ2v) is 7.96. The Bertz CT molecular complexity index is 567. The first kappa shape index (κ1) is 22.6. The first-order valence-corrected chi connectivity index (χ1v) is 10.1. The van der Waals surface area contributed by atoms with Crippen molar-refractivity contribution in [2.75, 3.05) is 32.4 Å². The molecule has 25 heavy (non-hydrogen) atoms. The van der Waals surface area contributed by atoms with Crippen LogP contribution in [0.5, 0.6) is 0 Å². The predicted octanol–water partition coefficient (Wildman–Crippen LogP) is 3.25. The summed E-state index contributed by atoms with van der Waals surface area (Å²) in [5.74, 6) is 2.06. The van der Waals surface area contributed by atoms with Crippen molar-refractivity contribution in [3.63, 3.8) is 0 Å². The molecule has 0 aromatic heterocycles. The van der Waals surface area contributed by atoms with Gasteiger partial charge in [-0.3, -0.25) is 9.79 Å². The molecule has 1 aliphatic rings. The highest BCUT2D eigenvalue weighted by Gasteiger charge is 2.15. The first-order chi connectivity index (χ1) is 11.7. The number of halogens is 2. The number of hydrogen-bond acceptors (Lipinski definition) is 3. The van der Waals surface area contributed by atoms with Gasteiger partial charge in [-0.25, -0.2) is 0 Å². The molecule has 1 atom stereocenters. The number of amides is 1. The molecule has 0 bridgehead atoms. The Morgan fingerprint density at radius 2 is 2.12 bits per heavy atom. The van der Waals surface area contributed by atoms with Gasteiger partial charge < -0.3 is 16.0 Å². The van der Waals surface area contributed by atoms with Crippen molar-refractivity contribution in [3.05, 3.63) is 34.3 Å². The third kappa shape index (κ3) is 8.63. The molecule has 0 aliphatic carbocycles. The molecular formula is C17H26BrIN4OS. The summed E-state index contributed by atoms with van der Waals surface area (Å²) < 4.78 is 0.909. The smallest absolute Gasteiger partial charge is 0.251 e. The number of carbonyl (C=O) groups is 1. The van der Waals surface area contributed by atoms with Gasteiger partial charge in [-0.05, 0) is 43.2 Å². The molecule has 1 aromatic rings. The van der Waals surface area contributed by atoms with E-state index in [4.69, 9.17) is 0 Å². The number of thioether (sulfide) groups is 1. The molecule has 1 heterocycles. The molecule has 0 radical (unpaired) electrons. The molecule has 1 aromatic carbocycles. The van der Waals surface area contributed by atoms with E-state index < -0.39 is 0 Å². The summed E-state index contributed by atoms with van der Waals surface area (Å²) in [6, 6.07) is 7.40. The van der Waals surface area contributed by atoms with Gasteiger partial charge in [-0.2, -0.15) is 11.8 Å². The van der Waals surface area contributed by atoms with Crippen molar-refractivity contribution >= 4 is 63.5 Å². The molecule has 1 unspecified atom stereocenters. The van der Waals surface area contributed by atoms with Crippen molar-refractivity contribution in [1.29, 1.82) is 0 Å². The van der Waals surface area contributed by atoms with E-state index in [1.807, 2.05) is 36.0 Å². The zero-order valence-corrected chi connectivity index (χ0v) is 19.1. The lowest BCUT2D eigenvalue weighted by molar-refractivity contribution is 0.0953. The van der Waals surface area contributed by atoms with Crippen LogP contribution in [0.4, 0.5) is 0 Å². The van der Waals surface area contributed by atoms with Crippen LogP contribution >= 0.6 is 51.7 Å². The highest BCUT2D eigenvalue weighted by atomic mass is 127. The molecule has 1 aliphatic heterocycles. The average molecular weight is 541 g/mol. The minimum Gasteiger partial charge on any atom is -0.356 e. The molecule has 140 valence electrons. The van der Waals surface area contributed by atoms with E-state index in [9.17, 15) is 4.79 Å². The molecule has 8 heteroatoms. The van der Waals surface area contributed by atoms with Gasteiger partial charge in [0.05, 0.1) is 0 Å². The van der Waals surface area contributed by atoms with E-state index in [0.29, 0.717) is 17.4 Å². The van der Waals surface area contributed by atoms with Crippen LogP contribution in [0.3, 0.4) is 0 Å². The Kier molecular flexibility index (Phi) is 11.6. The van der Waals surface area contributed by atoms with Gasteiger partial charge in [0.1, 0.15) is 0 Å². The third-order valence-corrected chi connectivity index (χ3v) is 5.65. The molecule has 2 rings (SSSR count). The molecule has 1 fully saturated rings. The first-order valence-electron chi connectivity index (χ1n) is 8.29. The average Bonchev–Trinajstić information content (AvgIpc) is 3.10. The monoisotopic (exact) mass is 540 g/mol. The number of nitrogens with one attached hydrogen (secondary N) is 3. The SMILES string of the molecule is CN=C(NCCCNC(=O)c1cccc(Br)c1)NCC1CCCS1.I. The minimum atomic E-state index is -0.0444. The van der Waals surface area contributed by atoms with Crippen LogP contribution in [0.2, 0.25) is 0 Å². The van der Waals surface area contributed by atoms with E-state index in [1.165, 1.54) is 18.6 Å². The second kappa shape index (κ2) is 12.8. The maximum absolute atomic E-state index is 12.0. The normalized spacial score (nSPS) is 16.9. The molecule has 1 saturated heterocycles. The number of aliphatic imine (C=N–C) groups is 1. The molecule has 3 N–H and O–H groups in total. The summed E-state index contributed by atoms with van der Waals surface area (Å²) in [7, 11) is 1.78. The summed E-state index contributed by atoms with van der Waals surface area (Å²) in [6.45, 7) is 2.37. The number of hydrogen-bond donors (Lipinski definition) is 3. The topological polar surface area (TPSA) is 65.5 Å². The van der Waals surface area contributed by atoms with Gasteiger partial charge in [-0.15, -0.1) is 24.0 Å². The molecular weight excluding hydrogens is 515 g/mol. The van der Waals surface area contributed by atoms with Crippen LogP contribution in [0.15, 0.2) is 33.7 Å². The lowest BCUT2D eigenvalue weighted by Crippen LogP contribution is -2.41. The lowest BCUT2D eigenvalue weighted by atomic mass is 10.2. The van der Waals surface area contributed by atoms with E-state index in [0.717, 1.165) is 29.9 Å². The number of rotatable bonds is 7. The number of nitrogens with zero attached hydrogens (tertiary/aromatic N) is 1. The van der Waals surface area contributed by atoms with Crippen molar-refractivity contribution in [2.45, 2.75) is 24.5 Å². The number of benzene rings is 1. The highest BCUT2D eigenvalue weighted by molar-refractivity contribution is 14.0. The molecule has 1 amide bonds. The quantitative estimate of drug-likeness (QED) is 0.215. The van der Waals surface area contributed by atoms with Crippen molar-refractivity contribution < 1.29 is 4.79 Å². The number of carbonyl (C=O) groups excluding carboxylic acids is 1. The lowest BCUT2D eigenvalue weighted by Gasteiger charge is -2.14. The summed E-state index contributed by atoms with van der Waals surface area (Å²) in [5.41, 5.74) is 0.670. The largest absolute Gasteiger partial charge is 0.356 e. The fourth-order valence-electron chi connectivity index (χ4n) is 2.47. The summed E-state index contributed by atoms with van der Waals surface area (Å²) >= 11 is 5.41. The molecule has 5 nitrogen and oxygen atoms in total. The van der Waals surface area contributed by atoms with Gasteiger partial charge >= 0.3 is 0 Å².